The molecular formula is C29H36N4O2. The van der Waals surface area contributed by atoms with Gasteiger partial charge >= 0.3 is 0 Å². The summed E-state index contributed by atoms with van der Waals surface area (Å²) in [4.78, 5) is 26.0. The molecule has 0 fully saturated rings. The molecule has 0 saturated carbocycles. The second-order valence-electron chi connectivity index (χ2n) is 8.74. The lowest BCUT2D eigenvalue weighted by Crippen LogP contribution is -2.52. The van der Waals surface area contributed by atoms with Crippen molar-refractivity contribution in [1.29, 1.82) is 0 Å². The Balaban J connectivity index is 1.71. The Morgan fingerprint density at radius 1 is 0.743 bits per heavy atom. The number of amides is 2. The standard InChI is InChI=1S/C29H36N4O2/c30-20-10-17-26(31)28(34)33-27(19-18-22-11-4-1-5-12-22)29(35)32-21-25(23-13-6-2-7-14-23)24-15-8-3-9-16-24/h1-9,11-16,25-27H,10,17-21,30-31H2,(H,32,35)(H,33,34)/t26-,27-/m1/s1. The molecule has 3 aromatic rings. The van der Waals surface area contributed by atoms with E-state index < -0.39 is 12.1 Å². The molecule has 2 atom stereocenters. The first-order valence-corrected chi connectivity index (χ1v) is 12.3. The van der Waals surface area contributed by atoms with Crippen molar-refractivity contribution in [1.82, 2.24) is 10.6 Å². The van der Waals surface area contributed by atoms with Crippen LogP contribution in [0.3, 0.4) is 0 Å². The summed E-state index contributed by atoms with van der Waals surface area (Å²) < 4.78 is 0. The number of carbonyl (C=O) groups is 2. The van der Waals surface area contributed by atoms with Gasteiger partial charge in [0.25, 0.3) is 0 Å². The maximum absolute atomic E-state index is 13.3. The van der Waals surface area contributed by atoms with Crippen molar-refractivity contribution in [2.75, 3.05) is 13.1 Å². The van der Waals surface area contributed by atoms with E-state index in [0.717, 1.165) is 16.7 Å². The minimum atomic E-state index is -0.688. The number of hydrogen-bond acceptors (Lipinski definition) is 4. The largest absolute Gasteiger partial charge is 0.353 e. The molecule has 184 valence electrons. The minimum absolute atomic E-state index is 0.00126. The molecule has 35 heavy (non-hydrogen) atoms. The summed E-state index contributed by atoms with van der Waals surface area (Å²) in [6, 6.07) is 28.8. The van der Waals surface area contributed by atoms with E-state index in [4.69, 9.17) is 11.5 Å². The first-order chi connectivity index (χ1) is 17.1. The molecule has 0 aliphatic carbocycles. The average molecular weight is 473 g/mol. The molecule has 0 saturated heterocycles. The third kappa shape index (κ3) is 8.35. The molecule has 6 nitrogen and oxygen atoms in total. The number of benzene rings is 3. The summed E-state index contributed by atoms with van der Waals surface area (Å²) in [6.07, 6.45) is 2.29. The van der Waals surface area contributed by atoms with Crippen molar-refractivity contribution in [3.8, 4) is 0 Å². The van der Waals surface area contributed by atoms with Crippen LogP contribution in [0.4, 0.5) is 0 Å². The van der Waals surface area contributed by atoms with Crippen LogP contribution in [0.1, 0.15) is 41.9 Å². The summed E-state index contributed by atoms with van der Waals surface area (Å²) in [5.74, 6) is -0.537. The Morgan fingerprint density at radius 3 is 1.83 bits per heavy atom. The third-order valence-corrected chi connectivity index (χ3v) is 6.14. The molecule has 2 amide bonds. The molecule has 0 heterocycles. The van der Waals surface area contributed by atoms with Crippen LogP contribution < -0.4 is 22.1 Å². The lowest BCUT2D eigenvalue weighted by Gasteiger charge is -2.23. The highest BCUT2D eigenvalue weighted by atomic mass is 16.2. The second-order valence-corrected chi connectivity index (χ2v) is 8.74. The highest BCUT2D eigenvalue weighted by Crippen LogP contribution is 2.23. The Labute approximate surface area is 208 Å². The molecule has 0 unspecified atom stereocenters. The van der Waals surface area contributed by atoms with Gasteiger partial charge in [-0.2, -0.15) is 0 Å². The van der Waals surface area contributed by atoms with Crippen molar-refractivity contribution in [3.05, 3.63) is 108 Å². The van der Waals surface area contributed by atoms with Crippen LogP contribution in [0.25, 0.3) is 0 Å². The Kier molecular flexibility index (Phi) is 10.5. The number of aryl methyl sites for hydroxylation is 1. The number of hydrogen-bond donors (Lipinski definition) is 4. The van der Waals surface area contributed by atoms with Crippen molar-refractivity contribution in [2.45, 2.75) is 43.7 Å². The van der Waals surface area contributed by atoms with E-state index in [1.807, 2.05) is 66.7 Å². The highest BCUT2D eigenvalue weighted by Gasteiger charge is 2.25. The van der Waals surface area contributed by atoms with Crippen LogP contribution in [0.15, 0.2) is 91.0 Å². The van der Waals surface area contributed by atoms with Crippen LogP contribution in [0, 0.1) is 0 Å². The van der Waals surface area contributed by atoms with Gasteiger partial charge in [-0.05, 0) is 48.9 Å². The maximum Gasteiger partial charge on any atom is 0.242 e. The van der Waals surface area contributed by atoms with Gasteiger partial charge < -0.3 is 22.1 Å². The zero-order valence-electron chi connectivity index (χ0n) is 20.1. The van der Waals surface area contributed by atoms with Crippen LogP contribution in [-0.2, 0) is 16.0 Å². The van der Waals surface area contributed by atoms with Gasteiger partial charge in [0.15, 0.2) is 0 Å². The maximum atomic E-state index is 13.3. The Bertz CT molecular complexity index is 989. The monoisotopic (exact) mass is 472 g/mol. The van der Waals surface area contributed by atoms with Gasteiger partial charge in [0.05, 0.1) is 6.04 Å². The molecule has 0 aliphatic rings. The van der Waals surface area contributed by atoms with Crippen molar-refractivity contribution >= 4 is 11.8 Å². The number of nitrogens with two attached hydrogens (primary N) is 2. The van der Waals surface area contributed by atoms with Gasteiger partial charge in [-0.3, -0.25) is 9.59 Å². The topological polar surface area (TPSA) is 110 Å². The normalized spacial score (nSPS) is 12.7. The van der Waals surface area contributed by atoms with E-state index in [2.05, 4.69) is 34.9 Å². The molecule has 0 aliphatic heterocycles. The first kappa shape index (κ1) is 26.1. The lowest BCUT2D eigenvalue weighted by atomic mass is 9.91. The molecule has 0 aromatic heterocycles. The molecule has 6 N–H and O–H groups in total. The van der Waals surface area contributed by atoms with Crippen molar-refractivity contribution in [3.63, 3.8) is 0 Å². The molecule has 3 rings (SSSR count). The second kappa shape index (κ2) is 14.0. The number of carbonyl (C=O) groups excluding carboxylic acids is 2. The predicted molar refractivity (Wildman–Crippen MR) is 141 cm³/mol. The van der Waals surface area contributed by atoms with Gasteiger partial charge in [0.2, 0.25) is 11.8 Å². The highest BCUT2D eigenvalue weighted by molar-refractivity contribution is 5.89. The van der Waals surface area contributed by atoms with Gasteiger partial charge in [0.1, 0.15) is 6.04 Å². The zero-order chi connectivity index (χ0) is 24.9. The summed E-state index contributed by atoms with van der Waals surface area (Å²) in [5, 5.41) is 5.97. The van der Waals surface area contributed by atoms with E-state index >= 15 is 0 Å². The van der Waals surface area contributed by atoms with Gasteiger partial charge in [-0.15, -0.1) is 0 Å². The average Bonchev–Trinajstić information content (AvgIpc) is 2.91. The van der Waals surface area contributed by atoms with Gasteiger partial charge in [-0.25, -0.2) is 0 Å². The molecule has 3 aromatic carbocycles. The molecule has 6 heteroatoms. The zero-order valence-corrected chi connectivity index (χ0v) is 20.1. The van der Waals surface area contributed by atoms with Gasteiger partial charge in [0, 0.05) is 12.5 Å². The van der Waals surface area contributed by atoms with E-state index in [9.17, 15) is 9.59 Å². The SMILES string of the molecule is NCCC[C@@H](N)C(=O)N[C@H](CCc1ccccc1)C(=O)NCC(c1ccccc1)c1ccccc1. The van der Waals surface area contributed by atoms with E-state index in [0.29, 0.717) is 38.8 Å². The van der Waals surface area contributed by atoms with Crippen LogP contribution >= 0.6 is 0 Å². The quantitative estimate of drug-likeness (QED) is 0.306. The third-order valence-electron chi connectivity index (χ3n) is 6.14. The van der Waals surface area contributed by atoms with E-state index in [1.54, 1.807) is 0 Å². The van der Waals surface area contributed by atoms with Gasteiger partial charge in [-0.1, -0.05) is 91.0 Å². The number of nitrogens with one attached hydrogen (secondary N) is 2. The molecular weight excluding hydrogens is 436 g/mol. The Hall–Kier alpha value is -3.48. The summed E-state index contributed by atoms with van der Waals surface area (Å²) in [5.41, 5.74) is 14.9. The molecule has 0 spiro atoms. The fourth-order valence-electron chi connectivity index (χ4n) is 4.10. The molecule has 0 radical (unpaired) electrons. The number of rotatable bonds is 13. The summed E-state index contributed by atoms with van der Waals surface area (Å²) >= 11 is 0. The predicted octanol–water partition coefficient (Wildman–Crippen LogP) is 3.12. The summed E-state index contributed by atoms with van der Waals surface area (Å²) in [6.45, 7) is 0.892. The fourth-order valence-corrected chi connectivity index (χ4v) is 4.10. The first-order valence-electron chi connectivity index (χ1n) is 12.3. The van der Waals surface area contributed by atoms with Crippen LogP contribution in [0.5, 0.6) is 0 Å². The molecule has 0 bridgehead atoms. The van der Waals surface area contributed by atoms with E-state index in [-0.39, 0.29) is 17.7 Å². The van der Waals surface area contributed by atoms with E-state index in [1.165, 1.54) is 0 Å². The smallest absolute Gasteiger partial charge is 0.242 e. The van der Waals surface area contributed by atoms with Crippen molar-refractivity contribution < 1.29 is 9.59 Å². The lowest BCUT2D eigenvalue weighted by molar-refractivity contribution is -0.129. The fraction of sp³-hybridized carbons (Fsp3) is 0.310. The summed E-state index contributed by atoms with van der Waals surface area (Å²) in [7, 11) is 0. The minimum Gasteiger partial charge on any atom is -0.353 e. The van der Waals surface area contributed by atoms with Crippen LogP contribution in [-0.4, -0.2) is 37.0 Å². The van der Waals surface area contributed by atoms with Crippen molar-refractivity contribution in [2.24, 2.45) is 11.5 Å². The Morgan fingerprint density at radius 2 is 1.29 bits per heavy atom. The van der Waals surface area contributed by atoms with Crippen LogP contribution in [0.2, 0.25) is 0 Å².